The fourth-order valence-corrected chi connectivity index (χ4v) is 4.00. The molecule has 4 unspecified atom stereocenters. The second-order valence-corrected chi connectivity index (χ2v) is 6.24. The number of hydrogen-bond donors (Lipinski definition) is 2. The summed E-state index contributed by atoms with van der Waals surface area (Å²) in [5.41, 5.74) is 0.899. The van der Waals surface area contributed by atoms with Crippen LogP contribution >= 0.6 is 0 Å². The number of fused-ring (bicyclic) bond motifs is 1. The molecule has 0 spiro atoms. The Morgan fingerprint density at radius 1 is 1.24 bits per heavy atom. The predicted molar refractivity (Wildman–Crippen MR) is 81.7 cm³/mol. The third-order valence-electron chi connectivity index (χ3n) is 5.15. The van der Waals surface area contributed by atoms with Gasteiger partial charge in [0.15, 0.2) is 11.5 Å². The first kappa shape index (κ1) is 14.7. The molecule has 21 heavy (non-hydrogen) atoms. The predicted octanol–water partition coefficient (Wildman–Crippen LogP) is 2.52. The molecule has 3 rings (SSSR count). The Bertz CT molecular complexity index is 491. The smallest absolute Gasteiger partial charge is 0.161 e. The molecule has 1 saturated carbocycles. The molecule has 1 heterocycles. The van der Waals surface area contributed by atoms with Crippen molar-refractivity contribution in [2.24, 2.45) is 11.8 Å². The number of rotatable bonds is 5. The number of aliphatic hydroxyl groups excluding tert-OH is 1. The number of nitrogens with one attached hydrogen (secondary N) is 1. The Balaban J connectivity index is 1.69. The zero-order valence-corrected chi connectivity index (χ0v) is 12.8. The third kappa shape index (κ3) is 2.87. The van der Waals surface area contributed by atoms with E-state index in [1.165, 1.54) is 19.3 Å². The summed E-state index contributed by atoms with van der Waals surface area (Å²) in [4.78, 5) is 0. The highest BCUT2D eigenvalue weighted by atomic mass is 16.5. The lowest BCUT2D eigenvalue weighted by molar-refractivity contribution is 0.144. The zero-order chi connectivity index (χ0) is 14.8. The summed E-state index contributed by atoms with van der Waals surface area (Å²) in [6.45, 7) is 1.12. The van der Waals surface area contributed by atoms with Crippen molar-refractivity contribution in [2.45, 2.75) is 37.8 Å². The SMILES string of the molecule is COc1ccc(C(O)CC2NCC3CCCC32)cc1OC. The second-order valence-electron chi connectivity index (χ2n) is 6.24. The van der Waals surface area contributed by atoms with Crippen LogP contribution in [0.1, 0.15) is 37.4 Å². The van der Waals surface area contributed by atoms with Gasteiger partial charge in [-0.2, -0.15) is 0 Å². The molecule has 4 nitrogen and oxygen atoms in total. The lowest BCUT2D eigenvalue weighted by atomic mass is 9.89. The number of aliphatic hydroxyl groups is 1. The van der Waals surface area contributed by atoms with Gasteiger partial charge < -0.3 is 19.9 Å². The molecule has 1 saturated heterocycles. The van der Waals surface area contributed by atoms with E-state index in [1.54, 1.807) is 14.2 Å². The molecule has 0 radical (unpaired) electrons. The molecule has 1 aromatic carbocycles. The lowest BCUT2D eigenvalue weighted by Gasteiger charge is -2.22. The minimum Gasteiger partial charge on any atom is -0.493 e. The largest absolute Gasteiger partial charge is 0.493 e. The van der Waals surface area contributed by atoms with E-state index in [2.05, 4.69) is 5.32 Å². The van der Waals surface area contributed by atoms with Gasteiger partial charge in [-0.1, -0.05) is 12.5 Å². The number of hydrogen-bond acceptors (Lipinski definition) is 4. The molecule has 0 aromatic heterocycles. The van der Waals surface area contributed by atoms with Crippen molar-refractivity contribution >= 4 is 0 Å². The average Bonchev–Trinajstić information content (AvgIpc) is 3.11. The fraction of sp³-hybridized carbons (Fsp3) is 0.647. The molecule has 0 bridgehead atoms. The third-order valence-corrected chi connectivity index (χ3v) is 5.15. The van der Waals surface area contributed by atoms with E-state index in [4.69, 9.17) is 9.47 Å². The lowest BCUT2D eigenvalue weighted by Crippen LogP contribution is -2.28. The summed E-state index contributed by atoms with van der Waals surface area (Å²) in [5, 5.41) is 14.1. The van der Waals surface area contributed by atoms with Gasteiger partial charge in [0.05, 0.1) is 20.3 Å². The summed E-state index contributed by atoms with van der Waals surface area (Å²) >= 11 is 0. The second kappa shape index (κ2) is 6.24. The number of benzene rings is 1. The van der Waals surface area contributed by atoms with E-state index >= 15 is 0 Å². The highest BCUT2D eigenvalue weighted by molar-refractivity contribution is 5.43. The first-order chi connectivity index (χ1) is 10.2. The van der Waals surface area contributed by atoms with Gasteiger partial charge in [0.1, 0.15) is 0 Å². The Hall–Kier alpha value is -1.26. The number of ether oxygens (including phenoxy) is 2. The van der Waals surface area contributed by atoms with Crippen molar-refractivity contribution in [1.29, 1.82) is 0 Å². The van der Waals surface area contributed by atoms with Crippen LogP contribution in [0.4, 0.5) is 0 Å². The Kier molecular flexibility index (Phi) is 4.36. The zero-order valence-electron chi connectivity index (χ0n) is 12.8. The van der Waals surface area contributed by atoms with E-state index in [1.807, 2.05) is 18.2 Å². The Morgan fingerprint density at radius 3 is 2.81 bits per heavy atom. The first-order valence-electron chi connectivity index (χ1n) is 7.86. The maximum Gasteiger partial charge on any atom is 0.161 e. The quantitative estimate of drug-likeness (QED) is 0.875. The molecule has 0 amide bonds. The van der Waals surface area contributed by atoms with E-state index in [0.29, 0.717) is 17.5 Å². The van der Waals surface area contributed by atoms with Crippen LogP contribution in [0.3, 0.4) is 0 Å². The highest BCUT2D eigenvalue weighted by Crippen LogP contribution is 2.40. The van der Waals surface area contributed by atoms with E-state index in [0.717, 1.165) is 30.4 Å². The van der Waals surface area contributed by atoms with Crippen molar-refractivity contribution in [3.63, 3.8) is 0 Å². The number of methoxy groups -OCH3 is 2. The highest BCUT2D eigenvalue weighted by Gasteiger charge is 2.39. The molecule has 116 valence electrons. The van der Waals surface area contributed by atoms with Gasteiger partial charge in [-0.15, -0.1) is 0 Å². The molecule has 2 fully saturated rings. The van der Waals surface area contributed by atoms with Crippen LogP contribution in [-0.2, 0) is 0 Å². The van der Waals surface area contributed by atoms with Gasteiger partial charge in [0, 0.05) is 6.04 Å². The van der Waals surface area contributed by atoms with Crippen LogP contribution < -0.4 is 14.8 Å². The van der Waals surface area contributed by atoms with Crippen LogP contribution in [0.2, 0.25) is 0 Å². The van der Waals surface area contributed by atoms with E-state index in [9.17, 15) is 5.11 Å². The van der Waals surface area contributed by atoms with Crippen molar-refractivity contribution in [3.05, 3.63) is 23.8 Å². The van der Waals surface area contributed by atoms with E-state index < -0.39 is 6.10 Å². The first-order valence-corrected chi connectivity index (χ1v) is 7.86. The molecule has 4 heteroatoms. The van der Waals surface area contributed by atoms with Gasteiger partial charge in [-0.3, -0.25) is 0 Å². The topological polar surface area (TPSA) is 50.7 Å². The molecule has 1 aliphatic carbocycles. The van der Waals surface area contributed by atoms with Crippen molar-refractivity contribution in [1.82, 2.24) is 5.32 Å². The molecule has 4 atom stereocenters. The summed E-state index contributed by atoms with van der Waals surface area (Å²) in [5.74, 6) is 2.95. The van der Waals surface area contributed by atoms with Crippen molar-refractivity contribution in [3.8, 4) is 11.5 Å². The fourth-order valence-electron chi connectivity index (χ4n) is 4.00. The van der Waals surface area contributed by atoms with Crippen LogP contribution in [0.15, 0.2) is 18.2 Å². The normalized spacial score (nSPS) is 29.2. The summed E-state index contributed by atoms with van der Waals surface area (Å²) in [6, 6.07) is 6.11. The molecular weight excluding hydrogens is 266 g/mol. The van der Waals surface area contributed by atoms with Gasteiger partial charge >= 0.3 is 0 Å². The van der Waals surface area contributed by atoms with Crippen molar-refractivity contribution < 1.29 is 14.6 Å². The van der Waals surface area contributed by atoms with Crippen LogP contribution in [-0.4, -0.2) is 31.9 Å². The van der Waals surface area contributed by atoms with Crippen LogP contribution in [0, 0.1) is 11.8 Å². The summed E-state index contributed by atoms with van der Waals surface area (Å²) in [6.07, 6.45) is 4.32. The van der Waals surface area contributed by atoms with Gasteiger partial charge in [0.2, 0.25) is 0 Å². The molecule has 1 aliphatic heterocycles. The maximum absolute atomic E-state index is 10.5. The van der Waals surface area contributed by atoms with Gasteiger partial charge in [0.25, 0.3) is 0 Å². The Morgan fingerprint density at radius 2 is 2.05 bits per heavy atom. The monoisotopic (exact) mass is 291 g/mol. The van der Waals surface area contributed by atoms with Gasteiger partial charge in [-0.25, -0.2) is 0 Å². The minimum atomic E-state index is -0.457. The molecule has 1 aromatic rings. The molecular formula is C17H25NO3. The summed E-state index contributed by atoms with van der Waals surface area (Å²) < 4.78 is 10.6. The van der Waals surface area contributed by atoms with E-state index in [-0.39, 0.29) is 0 Å². The minimum absolute atomic E-state index is 0.445. The Labute approximate surface area is 126 Å². The van der Waals surface area contributed by atoms with Crippen LogP contribution in [0.5, 0.6) is 11.5 Å². The van der Waals surface area contributed by atoms with Crippen molar-refractivity contribution in [2.75, 3.05) is 20.8 Å². The van der Waals surface area contributed by atoms with Crippen LogP contribution in [0.25, 0.3) is 0 Å². The molecule has 2 aliphatic rings. The standard InChI is InChI=1S/C17H25NO3/c1-20-16-7-6-11(8-17(16)21-2)15(19)9-14-13-5-3-4-12(13)10-18-14/h6-8,12-15,18-19H,3-5,9-10H2,1-2H3. The van der Waals surface area contributed by atoms with Gasteiger partial charge in [-0.05, 0) is 55.3 Å². The summed E-state index contributed by atoms with van der Waals surface area (Å²) in [7, 11) is 3.24. The average molecular weight is 291 g/mol. The molecule has 2 N–H and O–H groups in total. The maximum atomic E-state index is 10.5.